The molecule has 18 heavy (non-hydrogen) atoms. The van der Waals surface area contributed by atoms with E-state index in [1.807, 2.05) is 13.8 Å². The molecule has 1 heterocycles. The Bertz CT molecular complexity index is 338. The van der Waals surface area contributed by atoms with Crippen molar-refractivity contribution in [2.24, 2.45) is 11.8 Å². The van der Waals surface area contributed by atoms with Crippen molar-refractivity contribution < 1.29 is 18.7 Å². The van der Waals surface area contributed by atoms with Gasteiger partial charge in [0.2, 0.25) is 11.8 Å². The fourth-order valence-corrected chi connectivity index (χ4v) is 2.78. The van der Waals surface area contributed by atoms with Crippen molar-refractivity contribution in [3.63, 3.8) is 0 Å². The van der Waals surface area contributed by atoms with Crippen LogP contribution in [-0.2, 0) is 4.79 Å². The molecule has 1 saturated carbocycles. The molecule has 1 saturated heterocycles. The number of rotatable bonds is 2. The summed E-state index contributed by atoms with van der Waals surface area (Å²) < 4.78 is 26.5. The lowest BCUT2D eigenvalue weighted by Crippen LogP contribution is -2.67. The highest BCUT2D eigenvalue weighted by molar-refractivity contribution is 5.80. The molecule has 2 aliphatic rings. The van der Waals surface area contributed by atoms with Crippen LogP contribution in [0, 0.1) is 11.8 Å². The fourth-order valence-electron chi connectivity index (χ4n) is 2.78. The molecular formula is C13H21F2NO2. The zero-order valence-corrected chi connectivity index (χ0v) is 11.0. The molecule has 1 amide bonds. The van der Waals surface area contributed by atoms with E-state index in [-0.39, 0.29) is 37.8 Å². The van der Waals surface area contributed by atoms with E-state index in [1.165, 1.54) is 4.90 Å². The monoisotopic (exact) mass is 261 g/mol. The molecule has 1 atom stereocenters. The second-order valence-electron chi connectivity index (χ2n) is 6.10. The van der Waals surface area contributed by atoms with E-state index in [2.05, 4.69) is 0 Å². The van der Waals surface area contributed by atoms with Gasteiger partial charge in [-0.05, 0) is 18.8 Å². The van der Waals surface area contributed by atoms with Gasteiger partial charge >= 0.3 is 0 Å². The second-order valence-corrected chi connectivity index (χ2v) is 6.10. The maximum Gasteiger partial charge on any atom is 0.248 e. The van der Waals surface area contributed by atoms with Crippen LogP contribution < -0.4 is 0 Å². The summed E-state index contributed by atoms with van der Waals surface area (Å²) in [6.45, 7) is 4.37. The van der Waals surface area contributed by atoms with Gasteiger partial charge in [0, 0.05) is 18.8 Å². The number of alkyl halides is 2. The Morgan fingerprint density at radius 1 is 1.39 bits per heavy atom. The zero-order chi connectivity index (χ0) is 13.6. The summed E-state index contributed by atoms with van der Waals surface area (Å²) >= 11 is 0. The van der Waals surface area contributed by atoms with Crippen LogP contribution in [0.15, 0.2) is 0 Å². The van der Waals surface area contributed by atoms with E-state index in [1.54, 1.807) is 0 Å². The van der Waals surface area contributed by atoms with Crippen molar-refractivity contribution in [2.45, 2.75) is 51.1 Å². The van der Waals surface area contributed by atoms with Crippen molar-refractivity contribution in [1.82, 2.24) is 4.90 Å². The number of hydrogen-bond acceptors (Lipinski definition) is 2. The van der Waals surface area contributed by atoms with Crippen LogP contribution in [-0.4, -0.2) is 40.5 Å². The molecule has 1 aliphatic carbocycles. The average molecular weight is 261 g/mol. The first-order valence-electron chi connectivity index (χ1n) is 6.62. The van der Waals surface area contributed by atoms with E-state index < -0.39 is 17.4 Å². The first kappa shape index (κ1) is 13.7. The third-order valence-corrected chi connectivity index (χ3v) is 4.31. The van der Waals surface area contributed by atoms with Gasteiger partial charge in [-0.25, -0.2) is 8.78 Å². The summed E-state index contributed by atoms with van der Waals surface area (Å²) in [7, 11) is 0. The van der Waals surface area contributed by atoms with Crippen LogP contribution in [0.4, 0.5) is 8.78 Å². The van der Waals surface area contributed by atoms with Crippen molar-refractivity contribution >= 4 is 5.91 Å². The van der Waals surface area contributed by atoms with Crippen LogP contribution in [0.2, 0.25) is 0 Å². The van der Waals surface area contributed by atoms with Gasteiger partial charge in [0.1, 0.15) is 5.60 Å². The van der Waals surface area contributed by atoms with Gasteiger partial charge in [-0.3, -0.25) is 4.79 Å². The van der Waals surface area contributed by atoms with Gasteiger partial charge in [-0.2, -0.15) is 0 Å². The predicted octanol–water partition coefficient (Wildman–Crippen LogP) is 2.04. The molecule has 0 aromatic rings. The molecule has 0 aromatic heterocycles. The Hall–Kier alpha value is -0.710. The minimum atomic E-state index is -2.70. The lowest BCUT2D eigenvalue weighted by molar-refractivity contribution is -0.172. The van der Waals surface area contributed by atoms with Crippen molar-refractivity contribution in [1.29, 1.82) is 0 Å². The maximum atomic E-state index is 13.3. The third-order valence-electron chi connectivity index (χ3n) is 4.31. The summed E-state index contributed by atoms with van der Waals surface area (Å²) in [4.78, 5) is 13.6. The molecule has 1 N–H and O–H groups in total. The Kier molecular flexibility index (Phi) is 3.38. The normalized spacial score (nSPS) is 30.1. The van der Waals surface area contributed by atoms with Gasteiger partial charge in [-0.1, -0.05) is 13.8 Å². The van der Waals surface area contributed by atoms with Crippen molar-refractivity contribution in [3.8, 4) is 0 Å². The highest BCUT2D eigenvalue weighted by Gasteiger charge is 2.49. The number of aliphatic hydroxyl groups is 1. The molecule has 3 nitrogen and oxygen atoms in total. The summed E-state index contributed by atoms with van der Waals surface area (Å²) in [5.41, 5.74) is -0.827. The third kappa shape index (κ3) is 2.51. The lowest BCUT2D eigenvalue weighted by Gasteiger charge is -2.50. The fraction of sp³-hybridized carbons (Fsp3) is 0.923. The topological polar surface area (TPSA) is 40.5 Å². The molecule has 0 radical (unpaired) electrons. The average Bonchev–Trinajstić information content (AvgIpc) is 2.22. The number of nitrogens with zero attached hydrogens (tertiary/aromatic N) is 1. The molecule has 2 fully saturated rings. The molecule has 1 unspecified atom stereocenters. The van der Waals surface area contributed by atoms with E-state index in [0.717, 1.165) is 0 Å². The quantitative estimate of drug-likeness (QED) is 0.826. The number of hydrogen-bond donors (Lipinski definition) is 1. The molecule has 5 heteroatoms. The van der Waals surface area contributed by atoms with Gasteiger partial charge in [0.05, 0.1) is 13.1 Å². The molecule has 0 spiro atoms. The molecule has 0 bridgehead atoms. The summed E-state index contributed by atoms with van der Waals surface area (Å²) in [6.07, 6.45) is 0.520. The maximum absolute atomic E-state index is 13.3. The second kappa shape index (κ2) is 4.44. The highest BCUT2D eigenvalue weighted by atomic mass is 19.3. The number of amides is 1. The molecular weight excluding hydrogens is 240 g/mol. The van der Waals surface area contributed by atoms with Gasteiger partial charge in [0.25, 0.3) is 0 Å². The Balaban J connectivity index is 1.90. The van der Waals surface area contributed by atoms with Crippen molar-refractivity contribution in [2.75, 3.05) is 13.1 Å². The number of likely N-dealkylation sites (tertiary alicyclic amines) is 1. The zero-order valence-electron chi connectivity index (χ0n) is 11.0. The molecule has 2 rings (SSSR count). The molecule has 104 valence electrons. The Morgan fingerprint density at radius 2 is 2.00 bits per heavy atom. The Morgan fingerprint density at radius 3 is 2.50 bits per heavy atom. The summed E-state index contributed by atoms with van der Waals surface area (Å²) in [5.74, 6) is -3.39. The SMILES string of the molecule is CC(C)C1(O)CN(C(=O)C2CCCC(F)(F)C2)C1. The first-order chi connectivity index (χ1) is 8.23. The smallest absolute Gasteiger partial charge is 0.248 e. The first-order valence-corrected chi connectivity index (χ1v) is 6.62. The van der Waals surface area contributed by atoms with Crippen LogP contribution in [0.5, 0.6) is 0 Å². The summed E-state index contributed by atoms with van der Waals surface area (Å²) in [5, 5.41) is 10.1. The minimum Gasteiger partial charge on any atom is -0.386 e. The number of carbonyl (C=O) groups excluding carboxylic acids is 1. The van der Waals surface area contributed by atoms with E-state index in [4.69, 9.17) is 0 Å². The van der Waals surface area contributed by atoms with Crippen molar-refractivity contribution in [3.05, 3.63) is 0 Å². The summed E-state index contributed by atoms with van der Waals surface area (Å²) in [6, 6.07) is 0. The van der Waals surface area contributed by atoms with E-state index in [9.17, 15) is 18.7 Å². The van der Waals surface area contributed by atoms with E-state index in [0.29, 0.717) is 12.8 Å². The highest BCUT2D eigenvalue weighted by Crippen LogP contribution is 2.39. The largest absolute Gasteiger partial charge is 0.386 e. The van der Waals surface area contributed by atoms with Crippen LogP contribution in [0.25, 0.3) is 0 Å². The number of carbonyl (C=O) groups is 1. The van der Waals surface area contributed by atoms with Crippen LogP contribution in [0.3, 0.4) is 0 Å². The van der Waals surface area contributed by atoms with Gasteiger partial charge < -0.3 is 10.0 Å². The Labute approximate surface area is 106 Å². The predicted molar refractivity (Wildman–Crippen MR) is 63.3 cm³/mol. The minimum absolute atomic E-state index is 0.0781. The molecule has 1 aliphatic heterocycles. The number of β-amino-alcohol motifs (C(OH)–C–C–N with tert-alkyl or cyclic N) is 1. The van der Waals surface area contributed by atoms with Gasteiger partial charge in [-0.15, -0.1) is 0 Å². The molecule has 0 aromatic carbocycles. The van der Waals surface area contributed by atoms with Crippen LogP contribution in [0.1, 0.15) is 39.5 Å². The number of halogens is 2. The van der Waals surface area contributed by atoms with Crippen LogP contribution >= 0.6 is 0 Å². The van der Waals surface area contributed by atoms with E-state index >= 15 is 0 Å². The lowest BCUT2D eigenvalue weighted by atomic mass is 9.80. The standard InChI is InChI=1S/C13H21F2NO2/c1-9(2)12(18)7-16(8-12)11(17)10-4-3-5-13(14,15)6-10/h9-10,18H,3-8H2,1-2H3. The van der Waals surface area contributed by atoms with Gasteiger partial charge in [0.15, 0.2) is 0 Å².